The molecule has 0 bridgehead atoms. The van der Waals surface area contributed by atoms with Crippen LogP contribution in [0.2, 0.25) is 0 Å². The van der Waals surface area contributed by atoms with E-state index in [9.17, 15) is 0 Å². The molecule has 4 heteroatoms. The monoisotopic (exact) mass is 258 g/mol. The van der Waals surface area contributed by atoms with E-state index < -0.39 is 0 Å². The van der Waals surface area contributed by atoms with Gasteiger partial charge in [0.2, 0.25) is 0 Å². The number of para-hydroxylation sites is 1. The van der Waals surface area contributed by atoms with Crippen LogP contribution in [0.15, 0.2) is 54.6 Å². The van der Waals surface area contributed by atoms with Crippen molar-refractivity contribution in [3.8, 4) is 11.5 Å². The van der Waals surface area contributed by atoms with Crippen LogP contribution in [0.4, 0.5) is 0 Å². The van der Waals surface area contributed by atoms with Gasteiger partial charge < -0.3 is 10.5 Å². The highest BCUT2D eigenvalue weighted by molar-refractivity contribution is 8.13. The summed E-state index contributed by atoms with van der Waals surface area (Å²) in [5, 5.41) is 7.32. The average molecular weight is 258 g/mol. The van der Waals surface area contributed by atoms with Crippen molar-refractivity contribution in [3.63, 3.8) is 0 Å². The molecule has 0 fully saturated rings. The first-order valence-corrected chi connectivity index (χ1v) is 6.51. The highest BCUT2D eigenvalue weighted by Crippen LogP contribution is 2.23. The van der Waals surface area contributed by atoms with E-state index in [1.54, 1.807) is 0 Å². The van der Waals surface area contributed by atoms with E-state index in [-0.39, 0.29) is 5.17 Å². The van der Waals surface area contributed by atoms with E-state index in [0.717, 1.165) is 17.1 Å². The molecule has 0 saturated heterocycles. The molecular formula is C14H14N2OS. The summed E-state index contributed by atoms with van der Waals surface area (Å²) in [6, 6.07) is 17.5. The molecule has 92 valence electrons. The van der Waals surface area contributed by atoms with Crippen LogP contribution in [0.5, 0.6) is 11.5 Å². The Kier molecular flexibility index (Phi) is 4.25. The van der Waals surface area contributed by atoms with Gasteiger partial charge in [0.1, 0.15) is 11.5 Å². The lowest BCUT2D eigenvalue weighted by molar-refractivity contribution is 0.482. The molecule has 0 saturated carbocycles. The summed E-state index contributed by atoms with van der Waals surface area (Å²) in [6.45, 7) is 0. The smallest absolute Gasteiger partial charge is 0.151 e. The number of hydrogen-bond acceptors (Lipinski definition) is 3. The number of hydrogen-bond donors (Lipinski definition) is 2. The maximum atomic E-state index is 7.19. The first kappa shape index (κ1) is 12.5. The SMILES string of the molecule is N=C(N)SCc1cccc(Oc2ccccc2)c1. The standard InChI is InChI=1S/C14H14N2OS/c15-14(16)18-10-11-5-4-8-13(9-11)17-12-6-2-1-3-7-12/h1-9H,10H2,(H3,15,16). The minimum atomic E-state index is 0.129. The summed E-state index contributed by atoms with van der Waals surface area (Å²) in [7, 11) is 0. The van der Waals surface area contributed by atoms with E-state index >= 15 is 0 Å². The molecule has 18 heavy (non-hydrogen) atoms. The molecule has 0 aromatic heterocycles. The molecule has 0 amide bonds. The Morgan fingerprint density at radius 1 is 1.06 bits per heavy atom. The van der Waals surface area contributed by atoms with Crippen molar-refractivity contribution in [2.45, 2.75) is 5.75 Å². The predicted octanol–water partition coefficient (Wildman–Crippen LogP) is 3.61. The van der Waals surface area contributed by atoms with Gasteiger partial charge in [0.15, 0.2) is 5.17 Å². The topological polar surface area (TPSA) is 59.1 Å². The van der Waals surface area contributed by atoms with Crippen molar-refractivity contribution in [1.82, 2.24) is 0 Å². The third-order valence-electron chi connectivity index (χ3n) is 2.27. The van der Waals surface area contributed by atoms with E-state index in [4.69, 9.17) is 15.9 Å². The predicted molar refractivity (Wildman–Crippen MR) is 76.2 cm³/mol. The summed E-state index contributed by atoms with van der Waals surface area (Å²) in [5.41, 5.74) is 6.40. The highest BCUT2D eigenvalue weighted by Gasteiger charge is 2.00. The van der Waals surface area contributed by atoms with E-state index in [2.05, 4.69) is 0 Å². The largest absolute Gasteiger partial charge is 0.457 e. The lowest BCUT2D eigenvalue weighted by atomic mass is 10.2. The number of nitrogens with one attached hydrogen (secondary N) is 1. The molecular weight excluding hydrogens is 244 g/mol. The Labute approximate surface area is 110 Å². The van der Waals surface area contributed by atoms with Gasteiger partial charge in [-0.2, -0.15) is 0 Å². The summed E-state index contributed by atoms with van der Waals surface area (Å²) < 4.78 is 5.73. The van der Waals surface area contributed by atoms with Crippen molar-refractivity contribution in [1.29, 1.82) is 5.41 Å². The van der Waals surface area contributed by atoms with Crippen molar-refractivity contribution < 1.29 is 4.74 Å². The van der Waals surface area contributed by atoms with Crippen molar-refractivity contribution in [2.75, 3.05) is 0 Å². The van der Waals surface area contributed by atoms with Gasteiger partial charge in [-0.1, -0.05) is 42.1 Å². The molecule has 0 aliphatic heterocycles. The summed E-state index contributed by atoms with van der Waals surface area (Å²) >= 11 is 1.30. The minimum absolute atomic E-state index is 0.129. The van der Waals surface area contributed by atoms with E-state index in [1.165, 1.54) is 11.8 Å². The second-order valence-corrected chi connectivity index (χ2v) is 4.73. The van der Waals surface area contributed by atoms with E-state index in [1.807, 2.05) is 54.6 Å². The number of thioether (sulfide) groups is 1. The van der Waals surface area contributed by atoms with Gasteiger partial charge in [-0.3, -0.25) is 5.41 Å². The maximum absolute atomic E-state index is 7.19. The molecule has 2 aromatic carbocycles. The third kappa shape index (κ3) is 3.82. The zero-order valence-corrected chi connectivity index (χ0v) is 10.6. The van der Waals surface area contributed by atoms with Crippen LogP contribution in [-0.4, -0.2) is 5.17 Å². The Bertz CT molecular complexity index is 528. The maximum Gasteiger partial charge on any atom is 0.151 e. The van der Waals surface area contributed by atoms with Gasteiger partial charge in [-0.15, -0.1) is 0 Å². The second-order valence-electron chi connectivity index (χ2n) is 3.72. The van der Waals surface area contributed by atoms with Gasteiger partial charge in [0.05, 0.1) is 0 Å². The highest BCUT2D eigenvalue weighted by atomic mass is 32.2. The Balaban J connectivity index is 2.05. The summed E-state index contributed by atoms with van der Waals surface area (Å²) in [4.78, 5) is 0. The molecule has 0 aliphatic carbocycles. The number of benzene rings is 2. The van der Waals surface area contributed by atoms with Gasteiger partial charge in [-0.25, -0.2) is 0 Å². The second kappa shape index (κ2) is 6.12. The van der Waals surface area contributed by atoms with Crippen LogP contribution >= 0.6 is 11.8 Å². The Morgan fingerprint density at radius 2 is 1.78 bits per heavy atom. The lowest BCUT2D eigenvalue weighted by Gasteiger charge is -2.07. The fourth-order valence-corrected chi connectivity index (χ4v) is 1.99. The number of rotatable bonds is 4. The molecule has 0 spiro atoms. The Morgan fingerprint density at radius 3 is 2.50 bits per heavy atom. The van der Waals surface area contributed by atoms with Crippen LogP contribution in [0.25, 0.3) is 0 Å². The minimum Gasteiger partial charge on any atom is -0.457 e. The molecule has 0 radical (unpaired) electrons. The molecule has 2 rings (SSSR count). The van der Waals surface area contributed by atoms with Gasteiger partial charge in [0.25, 0.3) is 0 Å². The zero-order chi connectivity index (χ0) is 12.8. The Hall–Kier alpha value is -1.94. The van der Waals surface area contributed by atoms with Crippen molar-refractivity contribution in [3.05, 3.63) is 60.2 Å². The summed E-state index contributed by atoms with van der Waals surface area (Å²) in [6.07, 6.45) is 0. The third-order valence-corrected chi connectivity index (χ3v) is 3.06. The van der Waals surface area contributed by atoms with Crippen LogP contribution in [0.1, 0.15) is 5.56 Å². The van der Waals surface area contributed by atoms with Crippen molar-refractivity contribution >= 4 is 16.9 Å². The van der Waals surface area contributed by atoms with Gasteiger partial charge >= 0.3 is 0 Å². The number of nitrogens with two attached hydrogens (primary N) is 1. The van der Waals surface area contributed by atoms with Gasteiger partial charge in [-0.05, 0) is 29.8 Å². The number of ether oxygens (including phenoxy) is 1. The lowest BCUT2D eigenvalue weighted by Crippen LogP contribution is -2.03. The molecule has 3 N–H and O–H groups in total. The van der Waals surface area contributed by atoms with Crippen molar-refractivity contribution in [2.24, 2.45) is 5.73 Å². The van der Waals surface area contributed by atoms with Crippen LogP contribution in [0.3, 0.4) is 0 Å². The number of amidine groups is 1. The van der Waals surface area contributed by atoms with Crippen LogP contribution in [0, 0.1) is 5.41 Å². The molecule has 2 aromatic rings. The van der Waals surface area contributed by atoms with Crippen LogP contribution < -0.4 is 10.5 Å². The van der Waals surface area contributed by atoms with Gasteiger partial charge in [0, 0.05) is 5.75 Å². The molecule has 0 atom stereocenters. The normalized spacial score (nSPS) is 10.0. The first-order valence-electron chi connectivity index (χ1n) is 5.53. The summed E-state index contributed by atoms with van der Waals surface area (Å²) in [5.74, 6) is 2.29. The van der Waals surface area contributed by atoms with E-state index in [0.29, 0.717) is 5.75 Å². The first-order chi connectivity index (χ1) is 8.74. The molecule has 0 unspecified atom stereocenters. The molecule has 0 aliphatic rings. The fraction of sp³-hybridized carbons (Fsp3) is 0.0714. The quantitative estimate of drug-likeness (QED) is 0.650. The zero-order valence-electron chi connectivity index (χ0n) is 9.80. The average Bonchev–Trinajstić information content (AvgIpc) is 2.38. The van der Waals surface area contributed by atoms with Crippen LogP contribution in [-0.2, 0) is 5.75 Å². The molecule has 0 heterocycles. The fourth-order valence-electron chi connectivity index (χ4n) is 1.48. The molecule has 3 nitrogen and oxygen atoms in total.